The van der Waals surface area contributed by atoms with Crippen molar-refractivity contribution in [2.24, 2.45) is 5.41 Å². The van der Waals surface area contributed by atoms with Crippen LogP contribution in [0, 0.1) is 16.7 Å². The number of hydrogen-bond acceptors (Lipinski definition) is 5. The number of nitrogens with zero attached hydrogens (tertiary/aromatic N) is 2. The maximum absolute atomic E-state index is 12.2. The summed E-state index contributed by atoms with van der Waals surface area (Å²) in [6.45, 7) is 5.59. The molecule has 1 aromatic heterocycles. The zero-order valence-electron chi connectivity index (χ0n) is 11.8. The smallest absolute Gasteiger partial charge is 0.242 e. The Balaban J connectivity index is 3.00. The van der Waals surface area contributed by atoms with Gasteiger partial charge in [0, 0.05) is 18.8 Å². The molecule has 110 valence electrons. The van der Waals surface area contributed by atoms with Crippen LogP contribution >= 0.6 is 0 Å². The summed E-state index contributed by atoms with van der Waals surface area (Å²) in [4.78, 5) is 3.75. The van der Waals surface area contributed by atoms with Crippen LogP contribution in [0.2, 0.25) is 0 Å². The molecule has 0 bridgehead atoms. The minimum Gasteiger partial charge on any atom is -0.396 e. The van der Waals surface area contributed by atoms with Crippen molar-refractivity contribution in [1.82, 2.24) is 9.71 Å². The number of aromatic nitrogens is 1. The summed E-state index contributed by atoms with van der Waals surface area (Å²) < 4.78 is 27.1. The highest BCUT2D eigenvalue weighted by atomic mass is 32.2. The second kappa shape index (κ2) is 6.31. The van der Waals surface area contributed by atoms with Crippen molar-refractivity contribution in [3.63, 3.8) is 0 Å². The summed E-state index contributed by atoms with van der Waals surface area (Å²) in [5.74, 6) is 0. The molecule has 1 rings (SSSR count). The van der Waals surface area contributed by atoms with Gasteiger partial charge in [0.15, 0.2) is 0 Å². The minimum atomic E-state index is -3.72. The summed E-state index contributed by atoms with van der Waals surface area (Å²) in [6, 6.07) is 4.13. The molecule has 0 radical (unpaired) electrons. The van der Waals surface area contributed by atoms with Gasteiger partial charge in [0.05, 0.1) is 0 Å². The first-order valence-corrected chi connectivity index (χ1v) is 7.68. The first kappa shape index (κ1) is 16.6. The number of nitrogens with one attached hydrogen (secondary N) is 1. The Kier molecular flexibility index (Phi) is 5.22. The molecule has 1 heterocycles. The average molecular weight is 297 g/mol. The molecule has 0 aliphatic carbocycles. The second-order valence-corrected chi connectivity index (χ2v) is 7.26. The molecule has 2 N–H and O–H groups in total. The Labute approximate surface area is 119 Å². The van der Waals surface area contributed by atoms with E-state index in [4.69, 9.17) is 10.4 Å². The van der Waals surface area contributed by atoms with Gasteiger partial charge >= 0.3 is 0 Å². The van der Waals surface area contributed by atoms with Gasteiger partial charge in [-0.15, -0.1) is 0 Å². The lowest BCUT2D eigenvalue weighted by atomic mass is 9.86. The van der Waals surface area contributed by atoms with Crippen LogP contribution in [0.3, 0.4) is 0 Å². The molecule has 6 nitrogen and oxygen atoms in total. The highest BCUT2D eigenvalue weighted by molar-refractivity contribution is 7.89. The number of pyridine rings is 1. The van der Waals surface area contributed by atoms with E-state index >= 15 is 0 Å². The van der Waals surface area contributed by atoms with E-state index in [1.165, 1.54) is 12.1 Å². The first-order valence-electron chi connectivity index (χ1n) is 6.20. The number of rotatable bonds is 5. The van der Waals surface area contributed by atoms with Crippen molar-refractivity contribution >= 4 is 10.0 Å². The van der Waals surface area contributed by atoms with Crippen molar-refractivity contribution in [1.29, 1.82) is 5.26 Å². The van der Waals surface area contributed by atoms with Gasteiger partial charge in [-0.2, -0.15) is 5.26 Å². The normalized spacial score (nSPS) is 13.8. The third-order valence-electron chi connectivity index (χ3n) is 2.92. The monoisotopic (exact) mass is 297 g/mol. The maximum Gasteiger partial charge on any atom is 0.242 e. The van der Waals surface area contributed by atoms with Crippen molar-refractivity contribution in [2.75, 3.05) is 6.61 Å². The zero-order valence-corrected chi connectivity index (χ0v) is 12.6. The Morgan fingerprint density at radius 3 is 2.50 bits per heavy atom. The highest BCUT2D eigenvalue weighted by Gasteiger charge is 2.29. The summed E-state index contributed by atoms with van der Waals surface area (Å²) in [5, 5.41) is 17.7. The number of aliphatic hydroxyl groups excluding tert-OH is 1. The van der Waals surface area contributed by atoms with E-state index in [1.54, 1.807) is 0 Å². The lowest BCUT2D eigenvalue weighted by Crippen LogP contribution is -2.44. The molecule has 0 fully saturated rings. The third-order valence-corrected chi connectivity index (χ3v) is 4.38. The van der Waals surface area contributed by atoms with Crippen LogP contribution in [-0.4, -0.2) is 31.2 Å². The second-order valence-electron chi connectivity index (χ2n) is 5.54. The maximum atomic E-state index is 12.2. The zero-order chi connectivity index (χ0) is 15.4. The van der Waals surface area contributed by atoms with Gasteiger partial charge in [0.2, 0.25) is 10.0 Å². The molecule has 0 saturated heterocycles. The summed E-state index contributed by atoms with van der Waals surface area (Å²) in [6.07, 6.45) is 1.48. The van der Waals surface area contributed by atoms with Crippen LogP contribution in [0.5, 0.6) is 0 Å². The van der Waals surface area contributed by atoms with Gasteiger partial charge in [0.1, 0.15) is 16.7 Å². The lowest BCUT2D eigenvalue weighted by Gasteiger charge is -2.30. The van der Waals surface area contributed by atoms with E-state index < -0.39 is 16.1 Å². The molecule has 0 aromatic carbocycles. The predicted molar refractivity (Wildman–Crippen MR) is 74.2 cm³/mol. The Morgan fingerprint density at radius 2 is 2.10 bits per heavy atom. The third kappa shape index (κ3) is 4.27. The van der Waals surface area contributed by atoms with Crippen molar-refractivity contribution in [2.45, 2.75) is 38.1 Å². The van der Waals surface area contributed by atoms with Crippen LogP contribution in [0.4, 0.5) is 0 Å². The van der Waals surface area contributed by atoms with Crippen LogP contribution in [0.1, 0.15) is 32.9 Å². The van der Waals surface area contributed by atoms with Gasteiger partial charge in [-0.05, 0) is 24.0 Å². The van der Waals surface area contributed by atoms with E-state index in [9.17, 15) is 8.42 Å². The molecule has 1 unspecified atom stereocenters. The highest BCUT2D eigenvalue weighted by Crippen LogP contribution is 2.23. The van der Waals surface area contributed by atoms with Crippen LogP contribution in [0.25, 0.3) is 0 Å². The van der Waals surface area contributed by atoms with Gasteiger partial charge < -0.3 is 5.11 Å². The Morgan fingerprint density at radius 1 is 1.45 bits per heavy atom. The fourth-order valence-electron chi connectivity index (χ4n) is 1.66. The molecule has 0 amide bonds. The molecule has 1 atom stereocenters. The first-order chi connectivity index (χ1) is 9.20. The molecule has 0 aliphatic heterocycles. The molecule has 20 heavy (non-hydrogen) atoms. The van der Waals surface area contributed by atoms with E-state index in [2.05, 4.69) is 9.71 Å². The quantitative estimate of drug-likeness (QED) is 0.845. The minimum absolute atomic E-state index is 0.00342. The largest absolute Gasteiger partial charge is 0.396 e. The Hall–Kier alpha value is -1.49. The van der Waals surface area contributed by atoms with E-state index in [0.29, 0.717) is 6.42 Å². The van der Waals surface area contributed by atoms with Crippen molar-refractivity contribution < 1.29 is 13.5 Å². The Bertz CT molecular complexity index is 583. The molecule has 0 saturated carbocycles. The summed E-state index contributed by atoms with van der Waals surface area (Å²) >= 11 is 0. The molecule has 7 heteroatoms. The summed E-state index contributed by atoms with van der Waals surface area (Å²) in [5.41, 5.74) is -0.165. The number of sulfonamides is 1. The van der Waals surface area contributed by atoms with E-state index in [-0.39, 0.29) is 22.6 Å². The van der Waals surface area contributed by atoms with Crippen molar-refractivity contribution in [3.8, 4) is 6.07 Å². The van der Waals surface area contributed by atoms with Crippen molar-refractivity contribution in [3.05, 3.63) is 24.0 Å². The van der Waals surface area contributed by atoms with Crippen LogP contribution < -0.4 is 4.72 Å². The van der Waals surface area contributed by atoms with Gasteiger partial charge in [-0.3, -0.25) is 0 Å². The standard InChI is InChI=1S/C13H19N3O3S/c1-13(2,3)12(6-7-17)16-20(18,19)11-5-4-10(8-14)15-9-11/h4-5,9,12,16-17H,6-7H2,1-3H3. The van der Waals surface area contributed by atoms with Gasteiger partial charge in [-0.25, -0.2) is 18.1 Å². The van der Waals surface area contributed by atoms with Gasteiger partial charge in [0.25, 0.3) is 0 Å². The predicted octanol–water partition coefficient (Wildman–Crippen LogP) is 1.03. The van der Waals surface area contributed by atoms with E-state index in [1.807, 2.05) is 26.8 Å². The van der Waals surface area contributed by atoms with Crippen LogP contribution in [0.15, 0.2) is 23.2 Å². The molecule has 0 spiro atoms. The van der Waals surface area contributed by atoms with E-state index in [0.717, 1.165) is 6.20 Å². The fourth-order valence-corrected chi connectivity index (χ4v) is 3.08. The fraction of sp³-hybridized carbons (Fsp3) is 0.538. The SMILES string of the molecule is CC(C)(C)C(CCO)NS(=O)(=O)c1ccc(C#N)nc1. The van der Waals surface area contributed by atoms with Gasteiger partial charge in [-0.1, -0.05) is 20.8 Å². The molecular weight excluding hydrogens is 278 g/mol. The molecular formula is C13H19N3O3S. The summed E-state index contributed by atoms with van der Waals surface area (Å²) in [7, 11) is -3.72. The molecule has 0 aliphatic rings. The number of hydrogen-bond donors (Lipinski definition) is 2. The number of aliphatic hydroxyl groups is 1. The molecule has 1 aromatic rings. The number of nitriles is 1. The topological polar surface area (TPSA) is 103 Å². The average Bonchev–Trinajstić information content (AvgIpc) is 2.37. The lowest BCUT2D eigenvalue weighted by molar-refractivity contribution is 0.214. The van der Waals surface area contributed by atoms with Crippen LogP contribution in [-0.2, 0) is 10.0 Å².